The third-order valence-electron chi connectivity index (χ3n) is 5.51. The third kappa shape index (κ3) is 7.07. The molecule has 2 aromatic carbocycles. The molecule has 0 aromatic heterocycles. The van der Waals surface area contributed by atoms with E-state index in [9.17, 15) is 0 Å². The lowest BCUT2D eigenvalue weighted by atomic mass is 10.1. The highest BCUT2D eigenvalue weighted by Gasteiger charge is 2.14. The first kappa shape index (κ1) is 24.3. The van der Waals surface area contributed by atoms with E-state index in [1.807, 2.05) is 19.2 Å². The highest BCUT2D eigenvalue weighted by atomic mass is 127. The van der Waals surface area contributed by atoms with Crippen LogP contribution in [0.3, 0.4) is 0 Å². The molecule has 1 unspecified atom stereocenters. The molecule has 0 radical (unpaired) electrons. The molecule has 1 heterocycles. The second kappa shape index (κ2) is 12.7. The molecule has 2 N–H and O–H groups in total. The zero-order valence-electron chi connectivity index (χ0n) is 18.4. The smallest absolute Gasteiger partial charge is 0.191 e. The van der Waals surface area contributed by atoms with Crippen LogP contribution in [0.4, 0.5) is 5.69 Å². The fourth-order valence-electron chi connectivity index (χ4n) is 3.74. The molecular formula is C24H35IN4O. The Labute approximate surface area is 198 Å². The third-order valence-corrected chi connectivity index (χ3v) is 5.51. The molecule has 0 spiro atoms. The predicted molar refractivity (Wildman–Crippen MR) is 138 cm³/mol. The van der Waals surface area contributed by atoms with E-state index in [0.29, 0.717) is 0 Å². The molecule has 1 aliphatic rings. The highest BCUT2D eigenvalue weighted by molar-refractivity contribution is 14.0. The van der Waals surface area contributed by atoms with Gasteiger partial charge in [0.15, 0.2) is 5.96 Å². The summed E-state index contributed by atoms with van der Waals surface area (Å²) in [5.41, 5.74) is 3.94. The number of rotatable bonds is 8. The van der Waals surface area contributed by atoms with Gasteiger partial charge in [0.1, 0.15) is 5.75 Å². The van der Waals surface area contributed by atoms with Crippen LogP contribution in [0, 0.1) is 0 Å². The molecule has 2 aromatic rings. The number of nitrogens with one attached hydrogen (secondary N) is 2. The van der Waals surface area contributed by atoms with Crippen molar-refractivity contribution >= 4 is 35.6 Å². The summed E-state index contributed by atoms with van der Waals surface area (Å²) in [6.45, 7) is 5.41. The fraction of sp³-hybridized carbons (Fsp3) is 0.458. The van der Waals surface area contributed by atoms with Crippen LogP contribution in [-0.4, -0.2) is 39.8 Å². The summed E-state index contributed by atoms with van der Waals surface area (Å²) in [6.07, 6.45) is 4.67. The van der Waals surface area contributed by atoms with E-state index in [2.05, 4.69) is 63.8 Å². The fourth-order valence-corrected chi connectivity index (χ4v) is 3.74. The molecule has 1 aliphatic heterocycles. The molecule has 30 heavy (non-hydrogen) atoms. The first-order chi connectivity index (χ1) is 14.2. The number of methoxy groups -OCH3 is 1. The van der Waals surface area contributed by atoms with E-state index in [4.69, 9.17) is 4.74 Å². The molecule has 0 bridgehead atoms. The van der Waals surface area contributed by atoms with Crippen molar-refractivity contribution in [3.8, 4) is 5.75 Å². The van der Waals surface area contributed by atoms with Crippen molar-refractivity contribution < 1.29 is 4.74 Å². The number of hydrogen-bond donors (Lipinski definition) is 2. The van der Waals surface area contributed by atoms with Crippen molar-refractivity contribution in [2.75, 3.05) is 38.7 Å². The standard InChI is InChI=1S/C24H34N4O.HI/c1-19(21-9-6-10-22(18-21)28-16-4-5-17-28)27-24(25-2)26-15-7-8-20-11-13-23(29-3)14-12-20;/h6,9-14,18-19H,4-5,7-8,15-17H2,1-3H3,(H2,25,26,27);1H. The largest absolute Gasteiger partial charge is 0.497 e. The molecule has 1 saturated heterocycles. The molecular weight excluding hydrogens is 487 g/mol. The molecule has 164 valence electrons. The molecule has 3 rings (SSSR count). The van der Waals surface area contributed by atoms with Gasteiger partial charge in [-0.2, -0.15) is 0 Å². The van der Waals surface area contributed by atoms with Crippen LogP contribution in [0.15, 0.2) is 53.5 Å². The summed E-state index contributed by atoms with van der Waals surface area (Å²) in [6, 6.07) is 17.4. The van der Waals surface area contributed by atoms with Gasteiger partial charge in [0.05, 0.1) is 13.2 Å². The van der Waals surface area contributed by atoms with Crippen LogP contribution in [0.1, 0.15) is 43.4 Å². The van der Waals surface area contributed by atoms with Crippen molar-refractivity contribution in [3.63, 3.8) is 0 Å². The number of benzene rings is 2. The molecule has 6 heteroatoms. The highest BCUT2D eigenvalue weighted by Crippen LogP contribution is 2.24. The molecule has 1 atom stereocenters. The first-order valence-corrected chi connectivity index (χ1v) is 10.6. The average molecular weight is 522 g/mol. The average Bonchev–Trinajstić information content (AvgIpc) is 3.31. The van der Waals surface area contributed by atoms with Crippen LogP contribution in [0.5, 0.6) is 5.75 Å². The van der Waals surface area contributed by atoms with Gasteiger partial charge in [-0.05, 0) is 68.0 Å². The lowest BCUT2D eigenvalue weighted by Gasteiger charge is -2.22. The number of aryl methyl sites for hydroxylation is 1. The van der Waals surface area contributed by atoms with Crippen LogP contribution >= 0.6 is 24.0 Å². The van der Waals surface area contributed by atoms with Gasteiger partial charge in [0.2, 0.25) is 0 Å². The van der Waals surface area contributed by atoms with E-state index < -0.39 is 0 Å². The van der Waals surface area contributed by atoms with Crippen LogP contribution < -0.4 is 20.3 Å². The molecule has 5 nitrogen and oxygen atoms in total. The monoisotopic (exact) mass is 522 g/mol. The number of hydrogen-bond acceptors (Lipinski definition) is 3. The number of aliphatic imine (C=N–C) groups is 1. The first-order valence-electron chi connectivity index (χ1n) is 10.6. The summed E-state index contributed by atoms with van der Waals surface area (Å²) in [5, 5.41) is 6.95. The lowest BCUT2D eigenvalue weighted by Crippen LogP contribution is -2.39. The minimum atomic E-state index is 0. The Morgan fingerprint density at radius 1 is 1.13 bits per heavy atom. The Hall–Kier alpha value is -1.96. The maximum Gasteiger partial charge on any atom is 0.191 e. The van der Waals surface area contributed by atoms with Crippen LogP contribution in [0.2, 0.25) is 0 Å². The van der Waals surface area contributed by atoms with Crippen molar-refractivity contribution in [2.45, 2.75) is 38.6 Å². The Balaban J connectivity index is 0.00000320. The summed E-state index contributed by atoms with van der Waals surface area (Å²) in [4.78, 5) is 6.86. The molecule has 1 fully saturated rings. The summed E-state index contributed by atoms with van der Waals surface area (Å²) < 4.78 is 5.21. The van der Waals surface area contributed by atoms with E-state index in [-0.39, 0.29) is 30.0 Å². The lowest BCUT2D eigenvalue weighted by molar-refractivity contribution is 0.414. The van der Waals surface area contributed by atoms with E-state index in [1.54, 1.807) is 7.11 Å². The Bertz CT molecular complexity index is 788. The number of anilines is 1. The summed E-state index contributed by atoms with van der Waals surface area (Å²) in [7, 11) is 3.52. The number of nitrogens with zero attached hydrogens (tertiary/aromatic N) is 2. The van der Waals surface area contributed by atoms with E-state index in [0.717, 1.165) is 31.1 Å². The predicted octanol–water partition coefficient (Wildman–Crippen LogP) is 4.77. The van der Waals surface area contributed by atoms with Crippen molar-refractivity contribution in [1.82, 2.24) is 10.6 Å². The van der Waals surface area contributed by atoms with Crippen LogP contribution in [-0.2, 0) is 6.42 Å². The number of ether oxygens (including phenoxy) is 1. The minimum absolute atomic E-state index is 0. The maximum atomic E-state index is 5.21. The minimum Gasteiger partial charge on any atom is -0.497 e. The second-order valence-corrected chi connectivity index (χ2v) is 7.61. The van der Waals surface area contributed by atoms with Gasteiger partial charge < -0.3 is 20.3 Å². The summed E-state index contributed by atoms with van der Waals surface area (Å²) in [5.74, 6) is 1.75. The van der Waals surface area contributed by atoms with Gasteiger partial charge in [-0.1, -0.05) is 24.3 Å². The zero-order valence-corrected chi connectivity index (χ0v) is 20.7. The topological polar surface area (TPSA) is 48.9 Å². The number of guanidine groups is 1. The Morgan fingerprint density at radius 2 is 1.87 bits per heavy atom. The van der Waals surface area contributed by atoms with Crippen molar-refractivity contribution in [2.24, 2.45) is 4.99 Å². The van der Waals surface area contributed by atoms with Crippen LogP contribution in [0.25, 0.3) is 0 Å². The van der Waals surface area contributed by atoms with Gasteiger partial charge in [0, 0.05) is 32.4 Å². The van der Waals surface area contributed by atoms with Gasteiger partial charge in [-0.25, -0.2) is 0 Å². The van der Waals surface area contributed by atoms with Gasteiger partial charge in [-0.15, -0.1) is 24.0 Å². The van der Waals surface area contributed by atoms with Crippen molar-refractivity contribution in [3.05, 3.63) is 59.7 Å². The summed E-state index contributed by atoms with van der Waals surface area (Å²) >= 11 is 0. The quantitative estimate of drug-likeness (QED) is 0.227. The van der Waals surface area contributed by atoms with Gasteiger partial charge in [0.25, 0.3) is 0 Å². The molecule has 0 amide bonds. The maximum absolute atomic E-state index is 5.21. The molecule has 0 aliphatic carbocycles. The van der Waals surface area contributed by atoms with E-state index in [1.165, 1.54) is 42.7 Å². The normalized spacial score (nSPS) is 14.8. The van der Waals surface area contributed by atoms with E-state index >= 15 is 0 Å². The van der Waals surface area contributed by atoms with Gasteiger partial charge in [-0.3, -0.25) is 4.99 Å². The second-order valence-electron chi connectivity index (χ2n) is 7.61. The zero-order chi connectivity index (χ0) is 20.5. The van der Waals surface area contributed by atoms with Crippen molar-refractivity contribution in [1.29, 1.82) is 0 Å². The molecule has 0 saturated carbocycles. The SMILES string of the molecule is CN=C(NCCCc1ccc(OC)cc1)NC(C)c1cccc(N2CCCC2)c1.I. The number of halogens is 1. The Morgan fingerprint density at radius 3 is 2.53 bits per heavy atom. The Kier molecular flexibility index (Phi) is 10.3. The van der Waals surface area contributed by atoms with Gasteiger partial charge >= 0.3 is 0 Å².